The molecule has 1 aliphatic heterocycles. The summed E-state index contributed by atoms with van der Waals surface area (Å²) in [6, 6.07) is 0. The maximum atomic E-state index is 5.62. The molecule has 1 heterocycles. The van der Waals surface area contributed by atoms with Gasteiger partial charge in [0.1, 0.15) is 0 Å². The van der Waals surface area contributed by atoms with Crippen LogP contribution in [0.3, 0.4) is 0 Å². The minimum Gasteiger partial charge on any atom is -0.313 e. The zero-order chi connectivity index (χ0) is 11.5. The molecule has 1 saturated heterocycles. The van der Waals surface area contributed by atoms with Crippen molar-refractivity contribution in [2.45, 2.75) is 31.6 Å². The molecule has 1 aliphatic rings. The van der Waals surface area contributed by atoms with E-state index in [1.807, 2.05) is 0 Å². The number of rotatable bonds is 3. The molecule has 0 aromatic rings. The Bertz CT molecular complexity index is 227. The maximum absolute atomic E-state index is 5.62. The minimum atomic E-state index is -1.36. The van der Waals surface area contributed by atoms with Crippen molar-refractivity contribution in [2.24, 2.45) is 27.9 Å². The predicted octanol–water partition coefficient (Wildman–Crippen LogP) is -3.02. The van der Waals surface area contributed by atoms with Crippen LogP contribution in [0.25, 0.3) is 0 Å². The predicted molar refractivity (Wildman–Crippen MR) is 58.8 cm³/mol. The lowest BCUT2D eigenvalue weighted by atomic mass is 10.3. The number of nitrogens with zero attached hydrogens (tertiary/aromatic N) is 1. The highest BCUT2D eigenvalue weighted by Gasteiger charge is 2.36. The molecule has 1 rings (SSSR count). The van der Waals surface area contributed by atoms with Crippen LogP contribution in [0.2, 0.25) is 0 Å². The Hall–Kier alpha value is -0.930. The van der Waals surface area contributed by atoms with Crippen LogP contribution in [0.4, 0.5) is 0 Å². The monoisotopic (exact) mass is 216 g/mol. The number of hydrogen-bond donors (Lipinski definition) is 7. The number of aliphatic imine (C=N–C) groups is 1. The van der Waals surface area contributed by atoms with Crippen molar-refractivity contribution in [3.8, 4) is 0 Å². The van der Waals surface area contributed by atoms with Crippen molar-refractivity contribution in [1.82, 2.24) is 16.0 Å². The number of unbranched alkanes of at least 4 members (excludes halogenated alkanes) is 1. The van der Waals surface area contributed by atoms with Crippen LogP contribution in [0, 0.1) is 0 Å². The smallest absolute Gasteiger partial charge is 0.203 e. The summed E-state index contributed by atoms with van der Waals surface area (Å²) in [5.74, 6) is -2.32. The van der Waals surface area contributed by atoms with E-state index in [0.29, 0.717) is 12.5 Å². The van der Waals surface area contributed by atoms with E-state index in [2.05, 4.69) is 27.9 Å². The number of nitrogens with two attached hydrogens (primary N) is 4. The zero-order valence-corrected chi connectivity index (χ0v) is 8.88. The molecular weight excluding hydrogens is 196 g/mol. The first-order valence-corrected chi connectivity index (χ1v) is 4.90. The van der Waals surface area contributed by atoms with Gasteiger partial charge in [-0.3, -0.25) is 27.9 Å². The summed E-state index contributed by atoms with van der Waals surface area (Å²) >= 11 is 0. The van der Waals surface area contributed by atoms with Gasteiger partial charge >= 0.3 is 0 Å². The van der Waals surface area contributed by atoms with E-state index in [0.717, 1.165) is 12.8 Å². The highest BCUT2D eigenvalue weighted by Crippen LogP contribution is 1.94. The van der Waals surface area contributed by atoms with E-state index in [-0.39, 0.29) is 0 Å². The van der Waals surface area contributed by atoms with E-state index in [1.54, 1.807) is 0 Å². The Labute approximate surface area is 88.8 Å². The lowest BCUT2D eigenvalue weighted by Crippen LogP contribution is -2.90. The second kappa shape index (κ2) is 4.29. The molecule has 8 nitrogen and oxygen atoms in total. The van der Waals surface area contributed by atoms with Gasteiger partial charge in [0.25, 0.3) is 0 Å². The SMILES string of the molecule is CCCCN=C1NC(N)(N)NC(N)(N)N1. The lowest BCUT2D eigenvalue weighted by molar-refractivity contribution is 0.158. The molecule has 88 valence electrons. The Balaban J connectivity index is 2.62. The molecule has 0 saturated carbocycles. The first-order chi connectivity index (χ1) is 6.85. The molecule has 0 atom stereocenters. The van der Waals surface area contributed by atoms with Crippen LogP contribution in [0.5, 0.6) is 0 Å². The van der Waals surface area contributed by atoms with Gasteiger partial charge in [-0.05, 0) is 6.42 Å². The molecule has 0 aromatic heterocycles. The molecular formula is C7H20N8. The van der Waals surface area contributed by atoms with E-state index in [4.69, 9.17) is 22.9 Å². The summed E-state index contributed by atoms with van der Waals surface area (Å²) in [4.78, 5) is 4.20. The average Bonchev–Trinajstić information content (AvgIpc) is 1.98. The molecule has 0 aliphatic carbocycles. The van der Waals surface area contributed by atoms with E-state index >= 15 is 0 Å². The largest absolute Gasteiger partial charge is 0.313 e. The Morgan fingerprint density at radius 2 is 1.67 bits per heavy atom. The number of nitrogens with one attached hydrogen (secondary N) is 3. The Kier molecular flexibility index (Phi) is 3.47. The van der Waals surface area contributed by atoms with Gasteiger partial charge in [0.15, 0.2) is 5.96 Å². The van der Waals surface area contributed by atoms with Gasteiger partial charge in [0.2, 0.25) is 11.8 Å². The van der Waals surface area contributed by atoms with Crippen molar-refractivity contribution in [1.29, 1.82) is 0 Å². The standard InChI is InChI=1S/C7H20N8/c1-2-3-4-12-5-13-6(8,9)15-7(10,11)14-5/h15H,2-4,8-11H2,1H3,(H2,12,13,14). The summed E-state index contributed by atoms with van der Waals surface area (Å²) < 4.78 is 0. The fraction of sp³-hybridized carbons (Fsp3) is 0.857. The van der Waals surface area contributed by atoms with Crippen molar-refractivity contribution < 1.29 is 0 Å². The zero-order valence-electron chi connectivity index (χ0n) is 8.88. The van der Waals surface area contributed by atoms with Crippen molar-refractivity contribution in [3.05, 3.63) is 0 Å². The third kappa shape index (κ3) is 3.98. The first kappa shape index (κ1) is 12.1. The van der Waals surface area contributed by atoms with Gasteiger partial charge in [-0.25, -0.2) is 5.32 Å². The van der Waals surface area contributed by atoms with Crippen LogP contribution in [-0.4, -0.2) is 24.3 Å². The molecule has 0 unspecified atom stereocenters. The average molecular weight is 216 g/mol. The molecule has 15 heavy (non-hydrogen) atoms. The Morgan fingerprint density at radius 3 is 2.13 bits per heavy atom. The van der Waals surface area contributed by atoms with Crippen LogP contribution in [-0.2, 0) is 0 Å². The van der Waals surface area contributed by atoms with Crippen molar-refractivity contribution in [3.63, 3.8) is 0 Å². The first-order valence-electron chi connectivity index (χ1n) is 4.90. The van der Waals surface area contributed by atoms with Crippen LogP contribution < -0.4 is 38.9 Å². The minimum absolute atomic E-state index is 0.400. The summed E-state index contributed by atoms with van der Waals surface area (Å²) in [6.45, 7) is 2.74. The molecule has 11 N–H and O–H groups in total. The van der Waals surface area contributed by atoms with Crippen molar-refractivity contribution in [2.75, 3.05) is 6.54 Å². The highest BCUT2D eigenvalue weighted by molar-refractivity contribution is 5.81. The second-order valence-corrected chi connectivity index (χ2v) is 3.70. The number of hydrogen-bond acceptors (Lipinski definition) is 6. The molecule has 0 spiro atoms. The van der Waals surface area contributed by atoms with Gasteiger partial charge in [-0.2, -0.15) is 0 Å². The third-order valence-electron chi connectivity index (χ3n) is 1.85. The lowest BCUT2D eigenvalue weighted by Gasteiger charge is -2.43. The molecule has 0 radical (unpaired) electrons. The summed E-state index contributed by atoms with van der Waals surface area (Å²) in [7, 11) is 0. The van der Waals surface area contributed by atoms with Gasteiger partial charge < -0.3 is 10.6 Å². The Morgan fingerprint density at radius 1 is 1.13 bits per heavy atom. The third-order valence-corrected chi connectivity index (χ3v) is 1.85. The van der Waals surface area contributed by atoms with E-state index < -0.39 is 11.8 Å². The quantitative estimate of drug-likeness (QED) is 0.196. The van der Waals surface area contributed by atoms with Gasteiger partial charge in [0, 0.05) is 6.54 Å². The molecule has 0 amide bonds. The van der Waals surface area contributed by atoms with E-state index in [9.17, 15) is 0 Å². The van der Waals surface area contributed by atoms with Crippen LogP contribution in [0.1, 0.15) is 19.8 Å². The van der Waals surface area contributed by atoms with Crippen LogP contribution in [0.15, 0.2) is 4.99 Å². The summed E-state index contributed by atoms with van der Waals surface area (Å²) in [6.07, 6.45) is 2.03. The molecule has 8 heteroatoms. The topological polar surface area (TPSA) is 153 Å². The maximum Gasteiger partial charge on any atom is 0.203 e. The van der Waals surface area contributed by atoms with Crippen LogP contribution >= 0.6 is 0 Å². The van der Waals surface area contributed by atoms with Crippen molar-refractivity contribution >= 4 is 5.96 Å². The normalized spacial score (nSPS) is 22.9. The molecule has 1 fully saturated rings. The highest BCUT2D eigenvalue weighted by atomic mass is 15.6. The van der Waals surface area contributed by atoms with Gasteiger partial charge in [-0.15, -0.1) is 0 Å². The summed E-state index contributed by atoms with van der Waals surface area (Å²) in [5.41, 5.74) is 22.5. The molecule has 0 aromatic carbocycles. The van der Waals surface area contributed by atoms with Gasteiger partial charge in [0.05, 0.1) is 0 Å². The number of guanidine groups is 1. The van der Waals surface area contributed by atoms with Gasteiger partial charge in [-0.1, -0.05) is 13.3 Å². The fourth-order valence-corrected chi connectivity index (χ4v) is 1.26. The fourth-order valence-electron chi connectivity index (χ4n) is 1.26. The van der Waals surface area contributed by atoms with E-state index in [1.165, 1.54) is 0 Å². The second-order valence-electron chi connectivity index (χ2n) is 3.70. The molecule has 0 bridgehead atoms. The summed E-state index contributed by atoms with van der Waals surface area (Å²) in [5, 5.41) is 8.02.